The van der Waals surface area contributed by atoms with Crippen LogP contribution in [-0.4, -0.2) is 56.2 Å². The number of nitrogens with one attached hydrogen (secondary N) is 1. The lowest BCUT2D eigenvalue weighted by Crippen LogP contribution is -3.16. The monoisotopic (exact) mass is 386 g/mol. The normalized spacial score (nSPS) is 22.9. The van der Waals surface area contributed by atoms with Crippen LogP contribution in [0, 0.1) is 5.41 Å². The highest BCUT2D eigenvalue weighted by atomic mass is 16.5. The van der Waals surface area contributed by atoms with Gasteiger partial charge in [0.2, 0.25) is 11.8 Å². The van der Waals surface area contributed by atoms with E-state index in [-0.39, 0.29) is 17.2 Å². The lowest BCUT2D eigenvalue weighted by atomic mass is 9.73. The molecule has 3 aliphatic rings. The fraction of sp³-hybridized carbons (Fsp3) is 0.636. The van der Waals surface area contributed by atoms with Crippen LogP contribution in [0.4, 0.5) is 5.69 Å². The third-order valence-corrected chi connectivity index (χ3v) is 6.66. The van der Waals surface area contributed by atoms with Gasteiger partial charge in [0.05, 0.1) is 43.9 Å². The first-order valence-corrected chi connectivity index (χ1v) is 10.8. The third-order valence-electron chi connectivity index (χ3n) is 6.66. The number of carbonyl (C=O) groups is 2. The number of carbonyl (C=O) groups excluding carboxylic acids is 2. The van der Waals surface area contributed by atoms with Gasteiger partial charge in [-0.25, -0.2) is 4.90 Å². The molecule has 6 heteroatoms. The molecule has 1 aromatic carbocycles. The molecule has 1 aliphatic carbocycles. The summed E-state index contributed by atoms with van der Waals surface area (Å²) < 4.78 is 5.77. The van der Waals surface area contributed by atoms with Crippen LogP contribution < -0.4 is 14.5 Å². The molecule has 0 bridgehead atoms. The number of ether oxygens (including phenoxy) is 1. The number of quaternary nitrogens is 1. The van der Waals surface area contributed by atoms with E-state index in [1.54, 1.807) is 4.90 Å². The molecule has 2 aliphatic heterocycles. The summed E-state index contributed by atoms with van der Waals surface area (Å²) in [6.45, 7) is 6.84. The second-order valence-corrected chi connectivity index (χ2v) is 8.44. The van der Waals surface area contributed by atoms with E-state index in [4.69, 9.17) is 4.74 Å². The van der Waals surface area contributed by atoms with Gasteiger partial charge in [-0.05, 0) is 31.9 Å². The van der Waals surface area contributed by atoms with E-state index in [0.29, 0.717) is 19.7 Å². The molecule has 28 heavy (non-hydrogen) atoms. The minimum atomic E-state index is -0.368. The summed E-state index contributed by atoms with van der Waals surface area (Å²) in [4.78, 5) is 30.9. The molecule has 4 rings (SSSR count). The van der Waals surface area contributed by atoms with Crippen LogP contribution >= 0.6 is 0 Å². The molecule has 2 heterocycles. The molecule has 0 radical (unpaired) electrons. The largest absolute Gasteiger partial charge is 0.492 e. The number of amides is 2. The van der Waals surface area contributed by atoms with Crippen molar-refractivity contribution in [3.63, 3.8) is 0 Å². The standard InChI is InChI=1S/C22H31N3O3/c1-2-28-19-9-5-4-8-18(19)24-14-12-23(13-15-24)17-25-20(26)16-22(21(25)27)10-6-3-7-11-22/h4-5,8-9H,2-3,6-7,10-17H2,1H3/p+1. The maximum atomic E-state index is 13.0. The zero-order chi connectivity index (χ0) is 19.6. The van der Waals surface area contributed by atoms with Crippen LogP contribution in [0.5, 0.6) is 5.75 Å². The molecule has 0 atom stereocenters. The first-order valence-electron chi connectivity index (χ1n) is 10.8. The molecule has 1 saturated carbocycles. The lowest BCUT2D eigenvalue weighted by Gasteiger charge is -2.36. The van der Waals surface area contributed by atoms with Crippen LogP contribution in [0.1, 0.15) is 45.4 Å². The number of hydrogen-bond acceptors (Lipinski definition) is 4. The van der Waals surface area contributed by atoms with E-state index < -0.39 is 0 Å². The highest BCUT2D eigenvalue weighted by molar-refractivity contribution is 6.05. The lowest BCUT2D eigenvalue weighted by molar-refractivity contribution is -0.908. The Morgan fingerprint density at radius 3 is 2.50 bits per heavy atom. The first kappa shape index (κ1) is 19.2. The minimum absolute atomic E-state index is 0.0449. The SMILES string of the molecule is CCOc1ccccc1N1CC[NH+](CN2C(=O)CC3(CCCCC3)C2=O)CC1. The predicted octanol–water partition coefficient (Wildman–Crippen LogP) is 1.46. The molecule has 0 unspecified atom stereocenters. The fourth-order valence-corrected chi connectivity index (χ4v) is 5.08. The van der Waals surface area contributed by atoms with Crippen LogP contribution in [0.15, 0.2) is 24.3 Å². The van der Waals surface area contributed by atoms with Crippen molar-refractivity contribution in [2.75, 3.05) is 44.4 Å². The van der Waals surface area contributed by atoms with Gasteiger partial charge in [-0.2, -0.15) is 0 Å². The molecule has 0 aromatic heterocycles. The number of anilines is 1. The topological polar surface area (TPSA) is 54.3 Å². The van der Waals surface area contributed by atoms with E-state index in [2.05, 4.69) is 11.0 Å². The Morgan fingerprint density at radius 1 is 1.07 bits per heavy atom. The highest BCUT2D eigenvalue weighted by Crippen LogP contribution is 2.44. The summed E-state index contributed by atoms with van der Waals surface area (Å²) in [7, 11) is 0. The second kappa shape index (κ2) is 8.11. The molecular formula is C22H32N3O3+. The van der Waals surface area contributed by atoms with Crippen LogP contribution in [0.3, 0.4) is 0 Å². The Bertz CT molecular complexity index is 721. The Kier molecular flexibility index (Phi) is 5.58. The van der Waals surface area contributed by atoms with Crippen LogP contribution in [0.25, 0.3) is 0 Å². The van der Waals surface area contributed by atoms with E-state index in [0.717, 1.165) is 63.3 Å². The van der Waals surface area contributed by atoms with Crippen molar-refractivity contribution in [2.24, 2.45) is 5.41 Å². The number of likely N-dealkylation sites (tertiary alicyclic amines) is 1. The molecule has 1 spiro atoms. The molecular weight excluding hydrogens is 354 g/mol. The molecule has 2 amide bonds. The number of imide groups is 1. The van der Waals surface area contributed by atoms with Crippen LogP contribution in [0.2, 0.25) is 0 Å². The van der Waals surface area contributed by atoms with Gasteiger partial charge in [0.1, 0.15) is 5.75 Å². The summed E-state index contributed by atoms with van der Waals surface area (Å²) in [5.74, 6) is 1.08. The van der Waals surface area contributed by atoms with Crippen molar-refractivity contribution in [1.82, 2.24) is 4.90 Å². The average molecular weight is 387 g/mol. The van der Waals surface area contributed by atoms with Crippen molar-refractivity contribution in [3.8, 4) is 5.75 Å². The molecule has 3 fully saturated rings. The average Bonchev–Trinajstić information content (AvgIpc) is 2.94. The summed E-state index contributed by atoms with van der Waals surface area (Å²) >= 11 is 0. The summed E-state index contributed by atoms with van der Waals surface area (Å²) in [6.07, 6.45) is 5.58. The summed E-state index contributed by atoms with van der Waals surface area (Å²) in [6, 6.07) is 8.17. The maximum Gasteiger partial charge on any atom is 0.240 e. The number of para-hydroxylation sites is 2. The quantitative estimate of drug-likeness (QED) is 0.779. The van der Waals surface area contributed by atoms with Crippen molar-refractivity contribution >= 4 is 17.5 Å². The molecule has 6 nitrogen and oxygen atoms in total. The second-order valence-electron chi connectivity index (χ2n) is 8.44. The van der Waals surface area contributed by atoms with E-state index in [1.807, 2.05) is 25.1 Å². The maximum absolute atomic E-state index is 13.0. The Labute approximate surface area is 167 Å². The number of hydrogen-bond donors (Lipinski definition) is 1. The number of nitrogens with zero attached hydrogens (tertiary/aromatic N) is 2. The summed E-state index contributed by atoms with van der Waals surface area (Å²) in [5, 5.41) is 0. The molecule has 152 valence electrons. The molecule has 1 aromatic rings. The van der Waals surface area contributed by atoms with Gasteiger partial charge in [-0.1, -0.05) is 31.4 Å². The van der Waals surface area contributed by atoms with E-state index >= 15 is 0 Å². The smallest absolute Gasteiger partial charge is 0.240 e. The first-order chi connectivity index (χ1) is 13.6. The van der Waals surface area contributed by atoms with Gasteiger partial charge < -0.3 is 14.5 Å². The van der Waals surface area contributed by atoms with Crippen LogP contribution in [-0.2, 0) is 9.59 Å². The number of piperazine rings is 1. The van der Waals surface area contributed by atoms with Crippen molar-refractivity contribution < 1.29 is 19.2 Å². The van der Waals surface area contributed by atoms with Gasteiger partial charge in [0.15, 0.2) is 6.67 Å². The zero-order valence-corrected chi connectivity index (χ0v) is 16.9. The Hall–Kier alpha value is -2.08. The van der Waals surface area contributed by atoms with Gasteiger partial charge in [-0.15, -0.1) is 0 Å². The molecule has 1 N–H and O–H groups in total. The highest BCUT2D eigenvalue weighted by Gasteiger charge is 2.52. The van der Waals surface area contributed by atoms with Gasteiger partial charge in [-0.3, -0.25) is 9.59 Å². The molecule has 2 saturated heterocycles. The van der Waals surface area contributed by atoms with Gasteiger partial charge in [0.25, 0.3) is 0 Å². The van der Waals surface area contributed by atoms with Gasteiger partial charge >= 0.3 is 0 Å². The van der Waals surface area contributed by atoms with Crippen molar-refractivity contribution in [2.45, 2.75) is 45.4 Å². The van der Waals surface area contributed by atoms with E-state index in [9.17, 15) is 9.59 Å². The Balaban J connectivity index is 1.36. The zero-order valence-electron chi connectivity index (χ0n) is 16.9. The van der Waals surface area contributed by atoms with Crippen molar-refractivity contribution in [3.05, 3.63) is 24.3 Å². The third kappa shape index (κ3) is 3.62. The fourth-order valence-electron chi connectivity index (χ4n) is 5.08. The van der Waals surface area contributed by atoms with Crippen molar-refractivity contribution in [1.29, 1.82) is 0 Å². The van der Waals surface area contributed by atoms with Gasteiger partial charge in [0, 0.05) is 6.42 Å². The van der Waals surface area contributed by atoms with E-state index in [1.165, 1.54) is 11.3 Å². The Morgan fingerprint density at radius 2 is 1.79 bits per heavy atom. The number of rotatable bonds is 5. The minimum Gasteiger partial charge on any atom is -0.492 e. The summed E-state index contributed by atoms with van der Waals surface area (Å²) in [5.41, 5.74) is 0.769. The number of benzene rings is 1. The predicted molar refractivity (Wildman–Crippen MR) is 107 cm³/mol.